The van der Waals surface area contributed by atoms with E-state index in [-0.39, 0.29) is 0 Å². The number of ether oxygens (including phenoxy) is 1. The van der Waals surface area contributed by atoms with Crippen LogP contribution in [-0.4, -0.2) is 25.0 Å². The topological polar surface area (TPSA) is 50.7 Å². The fourth-order valence-corrected chi connectivity index (χ4v) is 1.83. The molecule has 0 atom stereocenters. The quantitative estimate of drug-likeness (QED) is 0.844. The lowest BCUT2D eigenvalue weighted by molar-refractivity contribution is 0.0636. The summed E-state index contributed by atoms with van der Waals surface area (Å²) in [7, 11) is 1.71. The van der Waals surface area contributed by atoms with Crippen molar-refractivity contribution in [3.05, 3.63) is 29.3 Å². The second-order valence-corrected chi connectivity index (χ2v) is 5.69. The number of aryl methyl sites for hydroxylation is 1. The van der Waals surface area contributed by atoms with E-state index >= 15 is 0 Å². The number of carbonyl (C=O) groups is 1. The highest BCUT2D eigenvalue weighted by molar-refractivity contribution is 5.95. The molecule has 0 aliphatic rings. The van der Waals surface area contributed by atoms with Crippen LogP contribution in [0.1, 0.15) is 45.2 Å². The number of amides is 1. The summed E-state index contributed by atoms with van der Waals surface area (Å²) in [6, 6.07) is 5.96. The van der Waals surface area contributed by atoms with Crippen LogP contribution in [0.2, 0.25) is 0 Å². The Kier molecular flexibility index (Phi) is 5.74. The highest BCUT2D eigenvalue weighted by atomic mass is 16.6. The second-order valence-electron chi connectivity index (χ2n) is 5.69. The molecule has 0 saturated carbocycles. The van der Waals surface area contributed by atoms with Crippen molar-refractivity contribution in [2.75, 3.05) is 12.4 Å². The average molecular weight is 276 g/mol. The van der Waals surface area contributed by atoms with Crippen LogP contribution in [0, 0.1) is 0 Å². The Morgan fingerprint density at radius 2 is 2.10 bits per heavy atom. The number of rotatable bonds is 4. The zero-order valence-electron chi connectivity index (χ0n) is 13.0. The maximum Gasteiger partial charge on any atom is 0.412 e. The molecular formula is C16H24N2O2. The molecule has 0 heterocycles. The Morgan fingerprint density at radius 3 is 2.65 bits per heavy atom. The van der Waals surface area contributed by atoms with Gasteiger partial charge >= 0.3 is 6.09 Å². The number of anilines is 1. The smallest absolute Gasteiger partial charge is 0.412 e. The van der Waals surface area contributed by atoms with E-state index in [1.54, 1.807) is 13.3 Å². The first kappa shape index (κ1) is 16.2. The van der Waals surface area contributed by atoms with Gasteiger partial charge in [-0.05, 0) is 44.9 Å². The van der Waals surface area contributed by atoms with Crippen molar-refractivity contribution in [3.8, 4) is 0 Å². The average Bonchev–Trinajstić information content (AvgIpc) is 2.31. The fourth-order valence-electron chi connectivity index (χ4n) is 1.83. The van der Waals surface area contributed by atoms with Crippen LogP contribution in [-0.2, 0) is 11.2 Å². The predicted molar refractivity (Wildman–Crippen MR) is 83.8 cm³/mol. The second kappa shape index (κ2) is 7.08. The first-order valence-corrected chi connectivity index (χ1v) is 6.91. The molecule has 1 N–H and O–H groups in total. The van der Waals surface area contributed by atoms with Gasteiger partial charge in [0, 0.05) is 18.8 Å². The lowest BCUT2D eigenvalue weighted by atomic mass is 10.1. The van der Waals surface area contributed by atoms with E-state index in [1.807, 2.05) is 39.0 Å². The molecule has 110 valence electrons. The Labute approximate surface area is 121 Å². The number of aliphatic imine (C=N–C) groups is 1. The van der Waals surface area contributed by atoms with Gasteiger partial charge in [0.2, 0.25) is 0 Å². The third-order valence-electron chi connectivity index (χ3n) is 2.56. The van der Waals surface area contributed by atoms with Gasteiger partial charge in [0.1, 0.15) is 5.60 Å². The summed E-state index contributed by atoms with van der Waals surface area (Å²) in [5, 5.41) is 2.77. The van der Waals surface area contributed by atoms with E-state index in [9.17, 15) is 4.79 Å². The van der Waals surface area contributed by atoms with Crippen LogP contribution in [0.25, 0.3) is 0 Å². The first-order chi connectivity index (χ1) is 9.35. The molecule has 1 aromatic rings. The summed E-state index contributed by atoms with van der Waals surface area (Å²) in [6.07, 6.45) is 3.39. The largest absolute Gasteiger partial charge is 0.444 e. The van der Waals surface area contributed by atoms with Gasteiger partial charge in [-0.3, -0.25) is 10.3 Å². The number of benzene rings is 1. The van der Waals surface area contributed by atoms with E-state index in [1.165, 1.54) is 5.56 Å². The van der Waals surface area contributed by atoms with E-state index in [2.05, 4.69) is 17.2 Å². The summed E-state index contributed by atoms with van der Waals surface area (Å²) in [6.45, 7) is 7.66. The third kappa shape index (κ3) is 5.43. The Morgan fingerprint density at radius 1 is 1.40 bits per heavy atom. The van der Waals surface area contributed by atoms with Crippen LogP contribution in [0.3, 0.4) is 0 Å². The van der Waals surface area contributed by atoms with Gasteiger partial charge in [0.05, 0.1) is 5.69 Å². The van der Waals surface area contributed by atoms with Crippen LogP contribution in [0.15, 0.2) is 23.2 Å². The molecule has 0 aromatic heterocycles. The SMILES string of the molecule is CCCc1ccc(NC(=O)OC(C)(C)C)c(C=NC)c1. The van der Waals surface area contributed by atoms with Crippen LogP contribution in [0.5, 0.6) is 0 Å². The maximum absolute atomic E-state index is 11.8. The number of hydrogen-bond donors (Lipinski definition) is 1. The normalized spacial score (nSPS) is 11.7. The minimum Gasteiger partial charge on any atom is -0.444 e. The van der Waals surface area contributed by atoms with Crippen molar-refractivity contribution in [1.29, 1.82) is 0 Å². The van der Waals surface area contributed by atoms with Gasteiger partial charge in [-0.2, -0.15) is 0 Å². The summed E-state index contributed by atoms with van der Waals surface area (Å²) in [4.78, 5) is 15.8. The van der Waals surface area contributed by atoms with Crippen molar-refractivity contribution in [2.24, 2.45) is 4.99 Å². The maximum atomic E-state index is 11.8. The Hall–Kier alpha value is -1.84. The standard InChI is InChI=1S/C16H24N2O2/c1-6-7-12-8-9-14(13(10-12)11-17-5)18-15(19)20-16(2,3)4/h8-11H,6-7H2,1-5H3,(H,18,19). The van der Waals surface area contributed by atoms with Crippen molar-refractivity contribution in [3.63, 3.8) is 0 Å². The molecule has 0 spiro atoms. The number of nitrogens with one attached hydrogen (secondary N) is 1. The summed E-state index contributed by atoms with van der Waals surface area (Å²) >= 11 is 0. The number of hydrogen-bond acceptors (Lipinski definition) is 3. The molecule has 4 heteroatoms. The summed E-state index contributed by atoms with van der Waals surface area (Å²) in [5.74, 6) is 0. The molecule has 0 aliphatic heterocycles. The zero-order chi connectivity index (χ0) is 15.2. The van der Waals surface area contributed by atoms with E-state index in [0.29, 0.717) is 5.69 Å². The van der Waals surface area contributed by atoms with Crippen LogP contribution < -0.4 is 5.32 Å². The monoisotopic (exact) mass is 276 g/mol. The van der Waals surface area contributed by atoms with Crippen molar-refractivity contribution < 1.29 is 9.53 Å². The van der Waals surface area contributed by atoms with Crippen molar-refractivity contribution in [2.45, 2.75) is 46.1 Å². The van der Waals surface area contributed by atoms with Gasteiger partial charge in [0.15, 0.2) is 0 Å². The number of nitrogens with zero attached hydrogens (tertiary/aromatic N) is 1. The Balaban J connectivity index is 2.91. The van der Waals surface area contributed by atoms with E-state index in [4.69, 9.17) is 4.74 Å². The zero-order valence-corrected chi connectivity index (χ0v) is 13.0. The third-order valence-corrected chi connectivity index (χ3v) is 2.56. The van der Waals surface area contributed by atoms with Crippen LogP contribution >= 0.6 is 0 Å². The minimum atomic E-state index is -0.509. The summed E-state index contributed by atoms with van der Waals surface area (Å²) < 4.78 is 5.26. The van der Waals surface area contributed by atoms with Crippen molar-refractivity contribution >= 4 is 18.0 Å². The molecule has 1 aromatic carbocycles. The molecule has 0 saturated heterocycles. The summed E-state index contributed by atoms with van der Waals surface area (Å²) in [5.41, 5.74) is 2.33. The van der Waals surface area contributed by atoms with Gasteiger partial charge in [0.25, 0.3) is 0 Å². The van der Waals surface area contributed by atoms with Crippen molar-refractivity contribution in [1.82, 2.24) is 0 Å². The van der Waals surface area contributed by atoms with Gasteiger partial charge in [-0.25, -0.2) is 4.79 Å². The van der Waals surface area contributed by atoms with Crippen LogP contribution in [0.4, 0.5) is 10.5 Å². The molecule has 0 bridgehead atoms. The molecule has 1 amide bonds. The van der Waals surface area contributed by atoms with E-state index in [0.717, 1.165) is 18.4 Å². The molecule has 20 heavy (non-hydrogen) atoms. The molecule has 0 radical (unpaired) electrons. The molecule has 0 unspecified atom stereocenters. The molecule has 1 rings (SSSR count). The molecule has 4 nitrogen and oxygen atoms in total. The van der Waals surface area contributed by atoms with Gasteiger partial charge in [-0.1, -0.05) is 19.4 Å². The molecule has 0 fully saturated rings. The predicted octanol–water partition coefficient (Wildman–Crippen LogP) is 4.03. The van der Waals surface area contributed by atoms with E-state index < -0.39 is 11.7 Å². The lowest BCUT2D eigenvalue weighted by Gasteiger charge is -2.20. The lowest BCUT2D eigenvalue weighted by Crippen LogP contribution is -2.27. The number of carbonyl (C=O) groups excluding carboxylic acids is 1. The fraction of sp³-hybridized carbons (Fsp3) is 0.500. The Bertz CT molecular complexity index is 488. The minimum absolute atomic E-state index is 0.452. The highest BCUT2D eigenvalue weighted by Crippen LogP contribution is 2.18. The van der Waals surface area contributed by atoms with Gasteiger partial charge in [-0.15, -0.1) is 0 Å². The van der Waals surface area contributed by atoms with Gasteiger partial charge < -0.3 is 4.74 Å². The first-order valence-electron chi connectivity index (χ1n) is 6.91. The highest BCUT2D eigenvalue weighted by Gasteiger charge is 2.17. The molecule has 0 aliphatic carbocycles. The molecular weight excluding hydrogens is 252 g/mol.